The molecule has 1 aliphatic heterocycles. The Morgan fingerprint density at radius 2 is 1.79 bits per heavy atom. The monoisotopic (exact) mass is 370 g/mol. The summed E-state index contributed by atoms with van der Waals surface area (Å²) in [7, 11) is 8.50. The van der Waals surface area contributed by atoms with Crippen LogP contribution in [0.25, 0.3) is 27.4 Å². The fraction of sp³-hybridized carbons (Fsp3) is 0.292. The molecule has 1 unspecified atom stereocenters. The average Bonchev–Trinajstić information content (AvgIpc) is 3.17. The summed E-state index contributed by atoms with van der Waals surface area (Å²) in [5.41, 5.74) is 7.35. The summed E-state index contributed by atoms with van der Waals surface area (Å²) in [5.74, 6) is 0.417. The number of rotatable bonds is 4. The number of fused-ring (bicyclic) bond motifs is 7. The molecular weight excluding hydrogens is 344 g/mol. The summed E-state index contributed by atoms with van der Waals surface area (Å²) in [6, 6.07) is 13.2. The summed E-state index contributed by atoms with van der Waals surface area (Å²) in [6.45, 7) is 1.87. The van der Waals surface area contributed by atoms with E-state index in [1.165, 1.54) is 32.9 Å². The van der Waals surface area contributed by atoms with Gasteiger partial charge in [0.15, 0.2) is 0 Å². The molecule has 2 heterocycles. The van der Waals surface area contributed by atoms with E-state index >= 15 is 0 Å². The van der Waals surface area contributed by atoms with E-state index in [1.54, 1.807) is 0 Å². The minimum atomic E-state index is 0.417. The summed E-state index contributed by atoms with van der Waals surface area (Å²) >= 11 is 0. The minimum absolute atomic E-state index is 0.417. The first-order valence-corrected chi connectivity index (χ1v) is 9.86. The molecule has 0 spiro atoms. The van der Waals surface area contributed by atoms with Gasteiger partial charge in [-0.2, -0.15) is 0 Å². The molecule has 2 aromatic carbocycles. The van der Waals surface area contributed by atoms with Crippen LogP contribution >= 0.6 is 0 Å². The first-order chi connectivity index (χ1) is 13.5. The fourth-order valence-corrected chi connectivity index (χ4v) is 4.56. The van der Waals surface area contributed by atoms with Crippen LogP contribution in [-0.4, -0.2) is 54.8 Å². The van der Waals surface area contributed by atoms with Gasteiger partial charge in [-0.05, 0) is 52.5 Å². The smallest absolute Gasteiger partial charge is 0.0752 e. The molecule has 1 atom stereocenters. The van der Waals surface area contributed by atoms with Crippen molar-refractivity contribution in [3.05, 3.63) is 60.2 Å². The van der Waals surface area contributed by atoms with Gasteiger partial charge in [-0.15, -0.1) is 0 Å². The maximum absolute atomic E-state index is 4.94. The lowest BCUT2D eigenvalue weighted by Gasteiger charge is -2.19. The van der Waals surface area contributed by atoms with Gasteiger partial charge >= 0.3 is 0 Å². The molecule has 0 saturated carbocycles. The van der Waals surface area contributed by atoms with Crippen molar-refractivity contribution in [2.75, 3.05) is 34.7 Å². The summed E-state index contributed by atoms with van der Waals surface area (Å²) in [5, 5.41) is 2.64. The van der Waals surface area contributed by atoms with Crippen molar-refractivity contribution < 1.29 is 0 Å². The average molecular weight is 371 g/mol. The van der Waals surface area contributed by atoms with Crippen LogP contribution in [0.3, 0.4) is 0 Å². The lowest BCUT2D eigenvalue weighted by molar-refractivity contribution is 0.338. The van der Waals surface area contributed by atoms with E-state index in [0.717, 1.165) is 24.6 Å². The normalized spacial score (nSPS) is 18.1. The van der Waals surface area contributed by atoms with Crippen molar-refractivity contribution >= 4 is 38.8 Å². The Morgan fingerprint density at radius 1 is 0.964 bits per heavy atom. The maximum atomic E-state index is 4.94. The van der Waals surface area contributed by atoms with Gasteiger partial charge in [0, 0.05) is 34.4 Å². The lowest BCUT2D eigenvalue weighted by atomic mass is 9.90. The van der Waals surface area contributed by atoms with Crippen molar-refractivity contribution in [3.8, 4) is 0 Å². The van der Waals surface area contributed by atoms with Gasteiger partial charge in [-0.25, -0.2) is 4.99 Å². The predicted molar refractivity (Wildman–Crippen MR) is 119 cm³/mol. The first kappa shape index (κ1) is 17.4. The SMILES string of the molecule is CN(C)CC1C=CC2=Nc3ccc4c(c3C2=C1)c1ccccc1n4CN(C)C. The zero-order valence-corrected chi connectivity index (χ0v) is 17.0. The van der Waals surface area contributed by atoms with Crippen LogP contribution in [0.4, 0.5) is 5.69 Å². The number of benzene rings is 2. The highest BCUT2D eigenvalue weighted by Gasteiger charge is 2.27. The summed E-state index contributed by atoms with van der Waals surface area (Å²) in [4.78, 5) is 9.41. The molecule has 4 heteroatoms. The molecule has 5 rings (SSSR count). The van der Waals surface area contributed by atoms with Gasteiger partial charge in [0.05, 0.1) is 29.1 Å². The molecule has 142 valence electrons. The molecule has 1 aliphatic carbocycles. The Hall–Kier alpha value is -2.69. The molecule has 4 nitrogen and oxygen atoms in total. The van der Waals surface area contributed by atoms with Gasteiger partial charge in [0.1, 0.15) is 0 Å². The van der Waals surface area contributed by atoms with Crippen molar-refractivity contribution in [2.24, 2.45) is 10.9 Å². The van der Waals surface area contributed by atoms with Crippen LogP contribution in [0, 0.1) is 5.92 Å². The number of hydrogen-bond donors (Lipinski definition) is 0. The van der Waals surface area contributed by atoms with Crippen LogP contribution < -0.4 is 0 Å². The molecule has 1 aromatic heterocycles. The van der Waals surface area contributed by atoms with Crippen molar-refractivity contribution in [1.29, 1.82) is 0 Å². The molecular formula is C24H26N4. The van der Waals surface area contributed by atoms with E-state index in [-0.39, 0.29) is 0 Å². The van der Waals surface area contributed by atoms with Crippen LogP contribution in [0.5, 0.6) is 0 Å². The van der Waals surface area contributed by atoms with Crippen molar-refractivity contribution in [2.45, 2.75) is 6.67 Å². The summed E-state index contributed by atoms with van der Waals surface area (Å²) in [6.07, 6.45) is 6.89. The van der Waals surface area contributed by atoms with E-state index in [0.29, 0.717) is 5.92 Å². The molecule has 0 bridgehead atoms. The van der Waals surface area contributed by atoms with Crippen molar-refractivity contribution in [1.82, 2.24) is 14.4 Å². The minimum Gasteiger partial charge on any atom is -0.327 e. The Bertz CT molecular complexity index is 1170. The second-order valence-corrected chi connectivity index (χ2v) is 8.38. The van der Waals surface area contributed by atoms with Crippen LogP contribution in [0.15, 0.2) is 59.6 Å². The number of hydrogen-bond acceptors (Lipinski definition) is 3. The fourth-order valence-electron chi connectivity index (χ4n) is 4.56. The van der Waals surface area contributed by atoms with E-state index in [1.807, 2.05) is 0 Å². The topological polar surface area (TPSA) is 23.8 Å². The molecule has 0 fully saturated rings. The molecule has 0 amide bonds. The zero-order valence-electron chi connectivity index (χ0n) is 17.0. The lowest BCUT2D eigenvalue weighted by Crippen LogP contribution is -2.21. The third-order valence-corrected chi connectivity index (χ3v) is 5.58. The van der Waals surface area contributed by atoms with Crippen LogP contribution in [0.1, 0.15) is 5.56 Å². The molecule has 28 heavy (non-hydrogen) atoms. The largest absolute Gasteiger partial charge is 0.327 e. The molecule has 2 aliphatic rings. The molecule has 3 aromatic rings. The number of aromatic nitrogens is 1. The maximum Gasteiger partial charge on any atom is 0.0752 e. The number of nitrogens with zero attached hydrogens (tertiary/aromatic N) is 4. The van der Waals surface area contributed by atoms with Crippen LogP contribution in [-0.2, 0) is 6.67 Å². The van der Waals surface area contributed by atoms with E-state index in [2.05, 4.69) is 97.2 Å². The van der Waals surface area contributed by atoms with E-state index in [9.17, 15) is 0 Å². The second-order valence-electron chi connectivity index (χ2n) is 8.38. The Morgan fingerprint density at radius 3 is 2.57 bits per heavy atom. The highest BCUT2D eigenvalue weighted by molar-refractivity contribution is 6.38. The number of allylic oxidation sites excluding steroid dienone is 2. The Balaban J connectivity index is 1.77. The van der Waals surface area contributed by atoms with Gasteiger partial charge in [0.25, 0.3) is 0 Å². The highest BCUT2D eigenvalue weighted by Crippen LogP contribution is 2.45. The molecule has 0 radical (unpaired) electrons. The second kappa shape index (κ2) is 6.43. The quantitative estimate of drug-likeness (QED) is 0.674. The standard InChI is InChI=1S/C24H26N4/c1-26(2)14-16-9-10-19-18(13-16)23-20(25-19)11-12-22-24(23)17-7-5-6-8-21(17)28(22)15-27(3)4/h5-13,16H,14-15H2,1-4H3. The van der Waals surface area contributed by atoms with E-state index in [4.69, 9.17) is 4.99 Å². The first-order valence-electron chi connectivity index (χ1n) is 9.86. The number of aliphatic imine (C=N–C) groups is 1. The predicted octanol–water partition coefficient (Wildman–Crippen LogP) is 4.53. The van der Waals surface area contributed by atoms with Gasteiger partial charge in [-0.3, -0.25) is 4.90 Å². The zero-order chi connectivity index (χ0) is 19.4. The van der Waals surface area contributed by atoms with Crippen LogP contribution in [0.2, 0.25) is 0 Å². The molecule has 0 saturated heterocycles. The third-order valence-electron chi connectivity index (χ3n) is 5.58. The Kier molecular flexibility index (Phi) is 4.00. The van der Waals surface area contributed by atoms with E-state index < -0.39 is 0 Å². The molecule has 0 N–H and O–H groups in total. The highest BCUT2D eigenvalue weighted by atomic mass is 15.2. The van der Waals surface area contributed by atoms with Crippen molar-refractivity contribution in [3.63, 3.8) is 0 Å². The van der Waals surface area contributed by atoms with Gasteiger partial charge in [0.2, 0.25) is 0 Å². The third kappa shape index (κ3) is 2.64. The number of para-hydroxylation sites is 1. The van der Waals surface area contributed by atoms with Gasteiger partial charge < -0.3 is 9.47 Å². The Labute approximate surface area is 166 Å². The van der Waals surface area contributed by atoms with Gasteiger partial charge in [-0.1, -0.05) is 30.4 Å². The summed E-state index contributed by atoms with van der Waals surface area (Å²) < 4.78 is 2.42.